The Kier molecular flexibility index (Phi) is 7.21. The number of nitrogens with two attached hydrogens (primary N) is 1. The van der Waals surface area contributed by atoms with Gasteiger partial charge in [-0.05, 0) is 52.8 Å². The molecule has 1 saturated heterocycles. The maximum Gasteiger partial charge on any atom is 0.410 e. The van der Waals surface area contributed by atoms with Gasteiger partial charge in [0.1, 0.15) is 16.9 Å². The highest BCUT2D eigenvalue weighted by atomic mass is 19.1. The second kappa shape index (κ2) is 10.5. The van der Waals surface area contributed by atoms with Crippen molar-refractivity contribution in [2.75, 3.05) is 23.3 Å². The molecule has 0 spiro atoms. The van der Waals surface area contributed by atoms with Crippen LogP contribution in [0.2, 0.25) is 0 Å². The summed E-state index contributed by atoms with van der Waals surface area (Å²) in [5, 5.41) is 7.78. The molecule has 0 aliphatic carbocycles. The second-order valence-corrected chi connectivity index (χ2v) is 11.6. The van der Waals surface area contributed by atoms with Crippen LogP contribution in [0, 0.1) is 5.82 Å². The fourth-order valence-electron chi connectivity index (χ4n) is 5.31. The van der Waals surface area contributed by atoms with Gasteiger partial charge in [-0.3, -0.25) is 24.2 Å². The van der Waals surface area contributed by atoms with E-state index >= 15 is 0 Å². The fourth-order valence-corrected chi connectivity index (χ4v) is 5.31. The number of primary amides is 1. The molecule has 1 fully saturated rings. The number of nitrogens with zero attached hydrogens (tertiary/aromatic N) is 6. The summed E-state index contributed by atoms with van der Waals surface area (Å²) < 4.78 is 21.7. The highest BCUT2D eigenvalue weighted by Gasteiger charge is 2.36. The van der Waals surface area contributed by atoms with Crippen LogP contribution in [0.25, 0.3) is 21.8 Å². The van der Waals surface area contributed by atoms with E-state index in [1.165, 1.54) is 23.1 Å². The Hall–Kier alpha value is -4.81. The first-order chi connectivity index (χ1) is 19.7. The molecule has 2 atom stereocenters. The third-order valence-electron chi connectivity index (χ3n) is 6.99. The summed E-state index contributed by atoms with van der Waals surface area (Å²) in [7, 11) is 1.68. The Bertz CT molecular complexity index is 1720. The predicted octanol–water partition coefficient (Wildman–Crippen LogP) is 3.84. The minimum atomic E-state index is -0.679. The predicted molar refractivity (Wildman–Crippen MR) is 156 cm³/mol. The number of carbonyl (C=O) groups is 3. The van der Waals surface area contributed by atoms with E-state index in [0.717, 1.165) is 0 Å². The van der Waals surface area contributed by atoms with Crippen molar-refractivity contribution in [3.63, 3.8) is 0 Å². The zero-order valence-electron chi connectivity index (χ0n) is 24.3. The molecule has 13 heteroatoms. The van der Waals surface area contributed by atoms with Gasteiger partial charge in [0, 0.05) is 55.2 Å². The van der Waals surface area contributed by atoms with E-state index < -0.39 is 29.3 Å². The molecule has 0 radical (unpaired) electrons. The van der Waals surface area contributed by atoms with Crippen molar-refractivity contribution in [3.05, 3.63) is 53.7 Å². The third kappa shape index (κ3) is 5.54. The van der Waals surface area contributed by atoms with E-state index in [1.807, 2.05) is 39.5 Å². The molecule has 4 aromatic rings. The van der Waals surface area contributed by atoms with Gasteiger partial charge in [0.2, 0.25) is 5.91 Å². The third-order valence-corrected chi connectivity index (χ3v) is 6.99. The Morgan fingerprint density at radius 3 is 2.38 bits per heavy atom. The quantitative estimate of drug-likeness (QED) is 0.372. The maximum atomic E-state index is 14.6. The number of fused-ring (bicyclic) bond motifs is 2. The van der Waals surface area contributed by atoms with Crippen molar-refractivity contribution in [3.8, 4) is 0 Å². The number of amides is 3. The number of aryl methyl sites for hydroxylation is 1. The van der Waals surface area contributed by atoms with Gasteiger partial charge >= 0.3 is 6.09 Å². The van der Waals surface area contributed by atoms with E-state index in [2.05, 4.69) is 20.4 Å². The zero-order chi connectivity index (χ0) is 30.5. The van der Waals surface area contributed by atoms with Gasteiger partial charge in [-0.25, -0.2) is 14.2 Å². The number of hydrogen-bond donors (Lipinski definition) is 2. The molecule has 12 nitrogen and oxygen atoms in total. The largest absolute Gasteiger partial charge is 0.444 e. The van der Waals surface area contributed by atoms with Crippen LogP contribution in [0.3, 0.4) is 0 Å². The maximum absolute atomic E-state index is 14.6. The van der Waals surface area contributed by atoms with Crippen LogP contribution in [0.15, 0.2) is 36.8 Å². The first-order valence-corrected chi connectivity index (χ1v) is 13.5. The molecular formula is C29H33FN8O4. The van der Waals surface area contributed by atoms with Crippen molar-refractivity contribution < 1.29 is 23.5 Å². The lowest BCUT2D eigenvalue weighted by molar-refractivity contribution is 0.00560. The monoisotopic (exact) mass is 576 g/mol. The van der Waals surface area contributed by atoms with E-state index in [-0.39, 0.29) is 34.4 Å². The van der Waals surface area contributed by atoms with Crippen molar-refractivity contribution in [2.45, 2.75) is 52.3 Å². The van der Waals surface area contributed by atoms with Crippen LogP contribution in [-0.2, 0) is 11.8 Å². The average Bonchev–Trinajstić information content (AvgIpc) is 3.26. The minimum absolute atomic E-state index is 0.130. The lowest BCUT2D eigenvalue weighted by Crippen LogP contribution is -2.59. The molecule has 0 saturated carbocycles. The van der Waals surface area contributed by atoms with Gasteiger partial charge in [0.25, 0.3) is 5.91 Å². The molecule has 1 aliphatic rings. The molecule has 1 aliphatic heterocycles. The van der Waals surface area contributed by atoms with Crippen molar-refractivity contribution in [2.24, 2.45) is 12.8 Å². The smallest absolute Gasteiger partial charge is 0.410 e. The Balaban J connectivity index is 1.49. The van der Waals surface area contributed by atoms with Gasteiger partial charge in [-0.1, -0.05) is 0 Å². The summed E-state index contributed by atoms with van der Waals surface area (Å²) in [6.07, 6.45) is 3.96. The van der Waals surface area contributed by atoms with Crippen molar-refractivity contribution in [1.29, 1.82) is 0 Å². The van der Waals surface area contributed by atoms with Gasteiger partial charge in [-0.15, -0.1) is 0 Å². The molecule has 0 bridgehead atoms. The minimum Gasteiger partial charge on any atom is -0.444 e. The van der Waals surface area contributed by atoms with Crippen molar-refractivity contribution >= 4 is 51.2 Å². The molecule has 0 unspecified atom stereocenters. The molecule has 3 N–H and O–H groups in total. The topological polar surface area (TPSA) is 149 Å². The van der Waals surface area contributed by atoms with Gasteiger partial charge < -0.3 is 20.7 Å². The number of aromatic nitrogens is 4. The Morgan fingerprint density at radius 2 is 1.74 bits per heavy atom. The lowest BCUT2D eigenvalue weighted by Gasteiger charge is -2.45. The first kappa shape index (κ1) is 28.7. The van der Waals surface area contributed by atoms with E-state index in [9.17, 15) is 18.8 Å². The molecule has 4 heterocycles. The van der Waals surface area contributed by atoms with Gasteiger partial charge in [0.15, 0.2) is 5.82 Å². The standard InChI is InChI=1S/C29H33FN8O4/c1-15-12-37(13-16(2)38(15)28(41)42-29(3,4)5)26-20-8-17(25(31)39)10-32-24(20)21(11-33-26)27(40)34-19-7-18-14-36(6)35-23(18)22(30)9-19/h7-11,14-16H,12-13H2,1-6H3,(H2,31,39)(H,34,40)/t15-,16+. The average molecular weight is 577 g/mol. The second-order valence-electron chi connectivity index (χ2n) is 11.6. The summed E-state index contributed by atoms with van der Waals surface area (Å²) in [4.78, 5) is 51.1. The van der Waals surface area contributed by atoms with E-state index in [4.69, 9.17) is 10.5 Å². The molecule has 1 aromatic carbocycles. The Morgan fingerprint density at radius 1 is 1.05 bits per heavy atom. The number of benzene rings is 1. The number of halogens is 1. The number of pyridine rings is 2. The zero-order valence-corrected chi connectivity index (χ0v) is 24.3. The van der Waals surface area contributed by atoms with Crippen LogP contribution >= 0.6 is 0 Å². The number of piperazine rings is 1. The highest BCUT2D eigenvalue weighted by molar-refractivity contribution is 6.14. The Labute approximate surface area is 241 Å². The molecular weight excluding hydrogens is 543 g/mol. The van der Waals surface area contributed by atoms with Crippen LogP contribution in [0.4, 0.5) is 20.7 Å². The van der Waals surface area contributed by atoms with Crippen LogP contribution in [0.5, 0.6) is 0 Å². The van der Waals surface area contributed by atoms with Gasteiger partial charge in [-0.2, -0.15) is 5.10 Å². The number of nitrogens with one attached hydrogen (secondary N) is 1. The summed E-state index contributed by atoms with van der Waals surface area (Å²) >= 11 is 0. The molecule has 3 aromatic heterocycles. The summed E-state index contributed by atoms with van der Waals surface area (Å²) in [6.45, 7) is 10.1. The number of ether oxygens (including phenoxy) is 1. The number of carbonyl (C=O) groups excluding carboxylic acids is 3. The van der Waals surface area contributed by atoms with Crippen molar-refractivity contribution in [1.82, 2.24) is 24.6 Å². The summed E-state index contributed by atoms with van der Waals surface area (Å²) in [6, 6.07) is 3.92. The number of rotatable bonds is 4. The summed E-state index contributed by atoms with van der Waals surface area (Å²) in [5.41, 5.74) is 5.93. The normalized spacial score (nSPS) is 17.5. The van der Waals surface area contributed by atoms with Crippen LogP contribution < -0.4 is 16.0 Å². The van der Waals surface area contributed by atoms with Gasteiger partial charge in [0.05, 0.1) is 28.7 Å². The summed E-state index contributed by atoms with van der Waals surface area (Å²) in [5.74, 6) is -1.32. The SMILES string of the molecule is C[C@@H]1CN(c2ncc(C(=O)Nc3cc(F)c4nn(C)cc4c3)c3ncc(C(N)=O)cc23)C[C@H](C)N1C(=O)OC(C)(C)C. The first-order valence-electron chi connectivity index (χ1n) is 13.5. The fraction of sp³-hybridized carbons (Fsp3) is 0.379. The van der Waals surface area contributed by atoms with Crippen LogP contribution in [0.1, 0.15) is 55.3 Å². The number of hydrogen-bond acceptors (Lipinski definition) is 8. The molecule has 5 rings (SSSR count). The lowest BCUT2D eigenvalue weighted by atomic mass is 10.1. The molecule has 220 valence electrons. The van der Waals surface area contributed by atoms with Crippen LogP contribution in [-0.4, -0.2) is 73.3 Å². The highest BCUT2D eigenvalue weighted by Crippen LogP contribution is 2.31. The van der Waals surface area contributed by atoms with E-state index in [1.54, 1.807) is 30.3 Å². The molecule has 42 heavy (non-hydrogen) atoms. The number of anilines is 2. The molecule has 3 amide bonds. The van der Waals surface area contributed by atoms with E-state index in [0.29, 0.717) is 35.2 Å².